The zero-order valence-corrected chi connectivity index (χ0v) is 9.84. The second-order valence-electron chi connectivity index (χ2n) is 3.17. The van der Waals surface area contributed by atoms with E-state index in [2.05, 4.69) is 11.9 Å². The van der Waals surface area contributed by atoms with Gasteiger partial charge in [-0.2, -0.15) is 0 Å². The van der Waals surface area contributed by atoms with E-state index in [9.17, 15) is 14.7 Å². The molecule has 0 rings (SSSR count). The number of hydrogen-bond donors (Lipinski definition) is 2. The Balaban J connectivity index is 3.74. The maximum absolute atomic E-state index is 11.4. The molecule has 86 valence electrons. The Bertz CT molecular complexity index is 243. The summed E-state index contributed by atoms with van der Waals surface area (Å²) in [6.07, 6.45) is 0.544. The van der Waals surface area contributed by atoms with Crippen LogP contribution in [0.2, 0.25) is 0 Å². The van der Waals surface area contributed by atoms with Gasteiger partial charge in [-0.3, -0.25) is 9.59 Å². The predicted octanol–water partition coefficient (Wildman–Crippen LogP) is 0.565. The van der Waals surface area contributed by atoms with Crippen LogP contribution in [0.4, 0.5) is 0 Å². The van der Waals surface area contributed by atoms with Crippen molar-refractivity contribution < 1.29 is 14.7 Å². The first-order chi connectivity index (χ1) is 6.99. The summed E-state index contributed by atoms with van der Waals surface area (Å²) >= 11 is 1.11. The highest BCUT2D eigenvalue weighted by Gasteiger charge is 2.19. The summed E-state index contributed by atoms with van der Waals surface area (Å²) in [4.78, 5) is 21.9. The van der Waals surface area contributed by atoms with E-state index < -0.39 is 12.0 Å². The summed E-state index contributed by atoms with van der Waals surface area (Å²) < 4.78 is 0. The average molecular weight is 231 g/mol. The Morgan fingerprint density at radius 1 is 1.60 bits per heavy atom. The van der Waals surface area contributed by atoms with Crippen LogP contribution in [-0.4, -0.2) is 34.5 Å². The maximum Gasteiger partial charge on any atom is 0.216 e. The number of aliphatic hydroxyl groups is 1. The molecule has 0 aromatic carbocycles. The summed E-state index contributed by atoms with van der Waals surface area (Å²) in [5.74, 6) is -0.0425. The van der Waals surface area contributed by atoms with E-state index in [0.29, 0.717) is 12.3 Å². The lowest BCUT2D eigenvalue weighted by atomic mass is 10.1. The maximum atomic E-state index is 11.4. The fraction of sp³-hybridized carbons (Fsp3) is 0.600. The molecule has 2 N–H and O–H groups in total. The van der Waals surface area contributed by atoms with Gasteiger partial charge in [-0.1, -0.05) is 24.8 Å². The zero-order valence-electron chi connectivity index (χ0n) is 9.03. The Kier molecular flexibility index (Phi) is 7.07. The molecule has 0 fully saturated rings. The van der Waals surface area contributed by atoms with E-state index in [1.807, 2.05) is 0 Å². The van der Waals surface area contributed by atoms with Crippen LogP contribution >= 0.6 is 11.8 Å². The topological polar surface area (TPSA) is 66.4 Å². The van der Waals surface area contributed by atoms with Gasteiger partial charge in [-0.15, -0.1) is 6.58 Å². The van der Waals surface area contributed by atoms with Gasteiger partial charge in [0.05, 0.1) is 12.0 Å². The van der Waals surface area contributed by atoms with Gasteiger partial charge in [0.15, 0.2) is 5.12 Å². The van der Waals surface area contributed by atoms with E-state index in [-0.39, 0.29) is 11.0 Å². The number of aliphatic hydroxyl groups excluding tert-OH is 1. The number of carbonyl (C=O) groups excluding carboxylic acids is 2. The van der Waals surface area contributed by atoms with Crippen LogP contribution in [0.3, 0.4) is 0 Å². The summed E-state index contributed by atoms with van der Waals surface area (Å²) in [7, 11) is 0. The fourth-order valence-corrected chi connectivity index (χ4v) is 1.66. The van der Waals surface area contributed by atoms with Crippen molar-refractivity contribution in [1.82, 2.24) is 5.32 Å². The molecule has 0 saturated heterocycles. The SMILES string of the molecule is C=C[C@@H](O)[C@H](C)C(=O)SCCNC(C)=O. The normalized spacial score (nSPS) is 14.1. The second-order valence-corrected chi connectivity index (χ2v) is 4.26. The summed E-state index contributed by atoms with van der Waals surface area (Å²) in [5.41, 5.74) is 0. The molecule has 0 aliphatic rings. The Morgan fingerprint density at radius 3 is 2.67 bits per heavy atom. The van der Waals surface area contributed by atoms with Crippen LogP contribution in [0, 0.1) is 5.92 Å². The number of thioether (sulfide) groups is 1. The lowest BCUT2D eigenvalue weighted by Gasteiger charge is -2.13. The molecule has 0 aliphatic heterocycles. The van der Waals surface area contributed by atoms with Crippen molar-refractivity contribution in [3.05, 3.63) is 12.7 Å². The minimum Gasteiger partial charge on any atom is -0.388 e. The first-order valence-corrected chi connectivity index (χ1v) is 5.69. The van der Waals surface area contributed by atoms with Gasteiger partial charge < -0.3 is 10.4 Å². The van der Waals surface area contributed by atoms with Crippen LogP contribution < -0.4 is 5.32 Å². The number of hydrogen-bond acceptors (Lipinski definition) is 4. The molecule has 0 aliphatic carbocycles. The third kappa shape index (κ3) is 6.30. The molecule has 15 heavy (non-hydrogen) atoms. The Labute approximate surface area is 94.1 Å². The molecule has 0 aromatic rings. The van der Waals surface area contributed by atoms with E-state index in [4.69, 9.17) is 0 Å². The molecule has 4 nitrogen and oxygen atoms in total. The highest BCUT2D eigenvalue weighted by Crippen LogP contribution is 2.14. The van der Waals surface area contributed by atoms with Gasteiger partial charge >= 0.3 is 0 Å². The quantitative estimate of drug-likeness (QED) is 0.518. The minimum atomic E-state index is -0.800. The lowest BCUT2D eigenvalue weighted by Crippen LogP contribution is -2.25. The Hall–Kier alpha value is -0.810. The molecular weight excluding hydrogens is 214 g/mol. The Morgan fingerprint density at radius 2 is 2.20 bits per heavy atom. The zero-order chi connectivity index (χ0) is 11.8. The molecule has 0 spiro atoms. The molecule has 0 aromatic heterocycles. The first-order valence-electron chi connectivity index (χ1n) is 4.70. The van der Waals surface area contributed by atoms with E-state index in [1.54, 1.807) is 6.92 Å². The van der Waals surface area contributed by atoms with Crippen molar-refractivity contribution in [2.45, 2.75) is 20.0 Å². The van der Waals surface area contributed by atoms with Crippen molar-refractivity contribution in [2.75, 3.05) is 12.3 Å². The standard InChI is InChI=1S/C10H17NO3S/c1-4-9(13)7(2)10(14)15-6-5-11-8(3)12/h4,7,9,13H,1,5-6H2,2-3H3,(H,11,12)/t7-,9+/m0/s1. The molecule has 0 heterocycles. The molecule has 0 radical (unpaired) electrons. The van der Waals surface area contributed by atoms with Crippen LogP contribution in [-0.2, 0) is 9.59 Å². The lowest BCUT2D eigenvalue weighted by molar-refractivity contribution is -0.119. The average Bonchev–Trinajstić information content (AvgIpc) is 2.21. The predicted molar refractivity (Wildman–Crippen MR) is 61.5 cm³/mol. The third-order valence-corrected chi connectivity index (χ3v) is 2.91. The summed E-state index contributed by atoms with van der Waals surface area (Å²) in [5, 5.41) is 11.8. The fourth-order valence-electron chi connectivity index (χ4n) is 0.854. The van der Waals surface area contributed by atoms with E-state index >= 15 is 0 Å². The van der Waals surface area contributed by atoms with Gasteiger partial charge in [0, 0.05) is 19.2 Å². The van der Waals surface area contributed by atoms with Crippen LogP contribution in [0.15, 0.2) is 12.7 Å². The monoisotopic (exact) mass is 231 g/mol. The molecule has 0 unspecified atom stereocenters. The highest BCUT2D eigenvalue weighted by atomic mass is 32.2. The van der Waals surface area contributed by atoms with Crippen LogP contribution in [0.25, 0.3) is 0 Å². The number of amides is 1. The van der Waals surface area contributed by atoms with Crippen molar-refractivity contribution in [3.8, 4) is 0 Å². The second kappa shape index (κ2) is 7.48. The van der Waals surface area contributed by atoms with Gasteiger partial charge in [0.1, 0.15) is 0 Å². The number of carbonyl (C=O) groups is 2. The van der Waals surface area contributed by atoms with Crippen molar-refractivity contribution in [3.63, 3.8) is 0 Å². The van der Waals surface area contributed by atoms with E-state index in [1.165, 1.54) is 13.0 Å². The van der Waals surface area contributed by atoms with Crippen molar-refractivity contribution in [1.29, 1.82) is 0 Å². The number of rotatable bonds is 6. The smallest absolute Gasteiger partial charge is 0.216 e. The number of nitrogens with one attached hydrogen (secondary N) is 1. The summed E-state index contributed by atoms with van der Waals surface area (Å²) in [6.45, 7) is 6.96. The minimum absolute atomic E-state index is 0.0900. The van der Waals surface area contributed by atoms with Gasteiger partial charge in [0.2, 0.25) is 5.91 Å². The van der Waals surface area contributed by atoms with Crippen LogP contribution in [0.1, 0.15) is 13.8 Å². The highest BCUT2D eigenvalue weighted by molar-refractivity contribution is 8.13. The summed E-state index contributed by atoms with van der Waals surface area (Å²) in [6, 6.07) is 0. The van der Waals surface area contributed by atoms with Crippen molar-refractivity contribution in [2.24, 2.45) is 5.92 Å². The molecule has 1 amide bonds. The van der Waals surface area contributed by atoms with Gasteiger partial charge in [0.25, 0.3) is 0 Å². The molecule has 0 saturated carbocycles. The van der Waals surface area contributed by atoms with Gasteiger partial charge in [-0.25, -0.2) is 0 Å². The van der Waals surface area contributed by atoms with Crippen molar-refractivity contribution >= 4 is 22.8 Å². The molecular formula is C10H17NO3S. The largest absolute Gasteiger partial charge is 0.388 e. The van der Waals surface area contributed by atoms with Gasteiger partial charge in [-0.05, 0) is 0 Å². The molecule has 5 heteroatoms. The first kappa shape index (κ1) is 14.2. The molecule has 2 atom stereocenters. The third-order valence-electron chi connectivity index (χ3n) is 1.85. The van der Waals surface area contributed by atoms with Crippen LogP contribution in [0.5, 0.6) is 0 Å². The van der Waals surface area contributed by atoms with E-state index in [0.717, 1.165) is 11.8 Å². The molecule has 0 bridgehead atoms.